The van der Waals surface area contributed by atoms with Crippen molar-refractivity contribution in [1.29, 1.82) is 0 Å². The van der Waals surface area contributed by atoms with Crippen molar-refractivity contribution in [2.45, 2.75) is 0 Å². The number of aromatic nitrogens is 2. The fourth-order valence-corrected chi connectivity index (χ4v) is 1.23. The third-order valence-corrected chi connectivity index (χ3v) is 1.82. The molecule has 0 aliphatic rings. The lowest BCUT2D eigenvalue weighted by atomic mass is 10.2. The summed E-state index contributed by atoms with van der Waals surface area (Å²) in [6.45, 7) is 0. The molecular formula is C8H5N3O3. The maximum Gasteiger partial charge on any atom is 0.406 e. The zero-order valence-electron chi connectivity index (χ0n) is 6.95. The average Bonchev–Trinajstić information content (AvgIpc) is 2.17. The lowest BCUT2D eigenvalue weighted by molar-refractivity contribution is -0.541. The molecule has 14 heavy (non-hydrogen) atoms. The molecule has 70 valence electrons. The van der Waals surface area contributed by atoms with Crippen molar-refractivity contribution in [1.82, 2.24) is 9.66 Å². The van der Waals surface area contributed by atoms with Gasteiger partial charge in [0.25, 0.3) is 0 Å². The van der Waals surface area contributed by atoms with E-state index in [0.717, 1.165) is 0 Å². The second kappa shape index (κ2) is 2.91. The van der Waals surface area contributed by atoms with Crippen molar-refractivity contribution in [3.05, 3.63) is 51.1 Å². The Bertz CT molecular complexity index is 561. The van der Waals surface area contributed by atoms with Gasteiger partial charge in [0.05, 0.1) is 0 Å². The molecule has 1 heterocycles. The van der Waals surface area contributed by atoms with Crippen LogP contribution in [-0.2, 0) is 0 Å². The third kappa shape index (κ3) is 1.13. The Morgan fingerprint density at radius 1 is 1.36 bits per heavy atom. The number of hydrogen-bond donors (Lipinski definition) is 0. The minimum atomic E-state index is -0.881. The van der Waals surface area contributed by atoms with E-state index in [2.05, 4.69) is 4.98 Å². The molecule has 0 radical (unpaired) electrons. The first-order valence-corrected chi connectivity index (χ1v) is 3.81. The van der Waals surface area contributed by atoms with Crippen LogP contribution in [0.3, 0.4) is 0 Å². The standard InChI is InChI=1S/C8H5N3O3/c12-8-9-5-6-3-1-2-4-7(6)10(8)11(13)14/h1-5H. The highest BCUT2D eigenvalue weighted by molar-refractivity contribution is 5.77. The molecule has 0 bridgehead atoms. The Hall–Kier alpha value is -2.24. The summed E-state index contributed by atoms with van der Waals surface area (Å²) in [5, 5.41) is 10.3. The highest BCUT2D eigenvalue weighted by atomic mass is 16.7. The summed E-state index contributed by atoms with van der Waals surface area (Å²) in [6.07, 6.45) is 1.32. The average molecular weight is 191 g/mol. The van der Waals surface area contributed by atoms with E-state index >= 15 is 0 Å². The molecule has 0 spiro atoms. The second-order valence-electron chi connectivity index (χ2n) is 2.65. The van der Waals surface area contributed by atoms with Crippen LogP contribution in [0.5, 0.6) is 0 Å². The molecule has 0 unspecified atom stereocenters. The second-order valence-corrected chi connectivity index (χ2v) is 2.65. The van der Waals surface area contributed by atoms with E-state index in [1.165, 1.54) is 12.3 Å². The number of nitrogens with zero attached hydrogens (tertiary/aromatic N) is 3. The van der Waals surface area contributed by atoms with Gasteiger partial charge >= 0.3 is 5.69 Å². The van der Waals surface area contributed by atoms with Crippen LogP contribution in [0.1, 0.15) is 0 Å². The number of rotatable bonds is 1. The van der Waals surface area contributed by atoms with Gasteiger partial charge in [-0.05, 0) is 10.7 Å². The molecule has 2 aromatic rings. The van der Waals surface area contributed by atoms with Crippen LogP contribution < -0.4 is 5.69 Å². The van der Waals surface area contributed by atoms with Crippen molar-refractivity contribution in [3.63, 3.8) is 0 Å². The number of hydrogen-bond acceptors (Lipinski definition) is 4. The summed E-state index contributed by atoms with van der Waals surface area (Å²) < 4.78 is 0.426. The first kappa shape index (κ1) is 8.36. The maximum atomic E-state index is 11.1. The molecule has 1 aromatic carbocycles. The molecule has 0 saturated carbocycles. The summed E-state index contributed by atoms with van der Waals surface area (Å²) >= 11 is 0. The van der Waals surface area contributed by atoms with E-state index in [4.69, 9.17) is 0 Å². The number of benzene rings is 1. The van der Waals surface area contributed by atoms with Crippen molar-refractivity contribution >= 4 is 10.9 Å². The van der Waals surface area contributed by atoms with E-state index in [1.807, 2.05) is 0 Å². The molecule has 1 aromatic heterocycles. The molecule has 6 nitrogen and oxygen atoms in total. The molecule has 0 amide bonds. The van der Waals surface area contributed by atoms with Gasteiger partial charge in [-0.1, -0.05) is 18.2 Å². The van der Waals surface area contributed by atoms with Gasteiger partial charge in [-0.15, -0.1) is 0 Å². The lowest BCUT2D eigenvalue weighted by Gasteiger charge is -1.98. The molecule has 2 rings (SSSR count). The predicted octanol–water partition coefficient (Wildman–Crippen LogP) is 0.436. The molecule has 6 heteroatoms. The van der Waals surface area contributed by atoms with Gasteiger partial charge in [-0.25, -0.2) is 14.9 Å². The van der Waals surface area contributed by atoms with Gasteiger partial charge in [0, 0.05) is 11.6 Å². The minimum absolute atomic E-state index is 0.248. The van der Waals surface area contributed by atoms with Crippen LogP contribution in [0, 0.1) is 10.1 Å². The topological polar surface area (TPSA) is 78.0 Å². The van der Waals surface area contributed by atoms with Crippen LogP contribution in [0.2, 0.25) is 0 Å². The summed E-state index contributed by atoms with van der Waals surface area (Å²) in [6, 6.07) is 6.50. The lowest BCUT2D eigenvalue weighted by Crippen LogP contribution is -2.28. The molecule has 0 aliphatic heterocycles. The Labute approximate surface area is 77.5 Å². The van der Waals surface area contributed by atoms with E-state index in [9.17, 15) is 14.9 Å². The first-order chi connectivity index (χ1) is 6.70. The zero-order valence-corrected chi connectivity index (χ0v) is 6.95. The van der Waals surface area contributed by atoms with Gasteiger partial charge in [0.2, 0.25) is 0 Å². The largest absolute Gasteiger partial charge is 0.406 e. The Balaban J connectivity index is 2.97. The van der Waals surface area contributed by atoms with Crippen molar-refractivity contribution in [2.75, 3.05) is 0 Å². The van der Waals surface area contributed by atoms with Crippen LogP contribution in [0.15, 0.2) is 35.3 Å². The Morgan fingerprint density at radius 3 is 2.79 bits per heavy atom. The third-order valence-electron chi connectivity index (χ3n) is 1.82. The highest BCUT2D eigenvalue weighted by Crippen LogP contribution is 2.08. The number of nitro groups is 1. The van der Waals surface area contributed by atoms with Crippen LogP contribution in [-0.4, -0.2) is 14.7 Å². The number of fused-ring (bicyclic) bond motifs is 1. The van der Waals surface area contributed by atoms with Crippen LogP contribution in [0.4, 0.5) is 0 Å². The van der Waals surface area contributed by atoms with Crippen LogP contribution >= 0.6 is 0 Å². The van der Waals surface area contributed by atoms with Crippen molar-refractivity contribution in [2.24, 2.45) is 0 Å². The quantitative estimate of drug-likeness (QED) is 0.483. The Morgan fingerprint density at radius 2 is 2.07 bits per heavy atom. The predicted molar refractivity (Wildman–Crippen MR) is 48.4 cm³/mol. The smallest absolute Gasteiger partial charge is 0.240 e. The van der Waals surface area contributed by atoms with Gasteiger partial charge in [-0.3, -0.25) is 0 Å². The monoisotopic (exact) mass is 191 g/mol. The van der Waals surface area contributed by atoms with Crippen molar-refractivity contribution < 1.29 is 5.03 Å². The highest BCUT2D eigenvalue weighted by Gasteiger charge is 2.11. The molecule has 0 saturated heterocycles. The van der Waals surface area contributed by atoms with E-state index in [-0.39, 0.29) is 5.52 Å². The molecule has 0 fully saturated rings. The van der Waals surface area contributed by atoms with E-state index in [0.29, 0.717) is 10.1 Å². The van der Waals surface area contributed by atoms with E-state index < -0.39 is 10.7 Å². The van der Waals surface area contributed by atoms with Crippen molar-refractivity contribution in [3.8, 4) is 0 Å². The van der Waals surface area contributed by atoms with Gasteiger partial charge in [-0.2, -0.15) is 4.98 Å². The van der Waals surface area contributed by atoms with Gasteiger partial charge in [0.1, 0.15) is 5.52 Å². The van der Waals surface area contributed by atoms with Gasteiger partial charge < -0.3 is 0 Å². The summed E-state index contributed by atoms with van der Waals surface area (Å²) in [4.78, 5) is 25.0. The minimum Gasteiger partial charge on any atom is -0.240 e. The fraction of sp³-hybridized carbons (Fsp3) is 0. The summed E-state index contributed by atoms with van der Waals surface area (Å²) in [5.74, 6) is 0. The summed E-state index contributed by atoms with van der Waals surface area (Å²) in [7, 11) is 0. The molecule has 0 atom stereocenters. The fourth-order valence-electron chi connectivity index (χ4n) is 1.23. The zero-order chi connectivity index (χ0) is 10.1. The summed E-state index contributed by atoms with van der Waals surface area (Å²) in [5.41, 5.74) is -0.633. The maximum absolute atomic E-state index is 11.1. The molecule has 0 N–H and O–H groups in total. The first-order valence-electron chi connectivity index (χ1n) is 3.81. The van der Waals surface area contributed by atoms with E-state index in [1.54, 1.807) is 18.2 Å². The van der Waals surface area contributed by atoms with Gasteiger partial charge in [0.15, 0.2) is 5.03 Å². The Kier molecular flexibility index (Phi) is 1.74. The number of para-hydroxylation sites is 1. The van der Waals surface area contributed by atoms with Crippen LogP contribution in [0.25, 0.3) is 10.9 Å². The SMILES string of the molecule is O=c1ncc2ccccc2n1[N+](=O)[O-]. The normalized spacial score (nSPS) is 10.3. The molecule has 0 aliphatic carbocycles. The molecular weight excluding hydrogens is 186 g/mol.